The third kappa shape index (κ3) is 6.26. The van der Waals surface area contributed by atoms with E-state index in [9.17, 15) is 4.79 Å². The molecule has 0 saturated carbocycles. The second-order valence-electron chi connectivity index (χ2n) is 8.81. The number of rotatable bonds is 9. The van der Waals surface area contributed by atoms with E-state index in [1.54, 1.807) is 11.3 Å². The van der Waals surface area contributed by atoms with Crippen molar-refractivity contribution >= 4 is 17.2 Å². The van der Waals surface area contributed by atoms with Crippen LogP contribution in [-0.4, -0.2) is 59.5 Å². The fraction of sp³-hybridized carbons (Fsp3) is 0.818. The normalized spacial score (nSPS) is 22.2. The number of likely N-dealkylation sites (tertiary alicyclic amines) is 2. The summed E-state index contributed by atoms with van der Waals surface area (Å²) in [7, 11) is 0. The molecule has 6 heteroatoms. The number of piperidine rings is 1. The monoisotopic (exact) mass is 406 g/mol. The SMILES string of the molecule is CCN1CCC[C@@H]1CNC(=O)CCC1CCN(Cc2nc(C(C)C)cs2)CC1. The Morgan fingerprint density at radius 3 is 2.75 bits per heavy atom. The van der Waals surface area contributed by atoms with Crippen molar-refractivity contribution in [2.75, 3.05) is 32.7 Å². The molecule has 1 atom stereocenters. The highest BCUT2D eigenvalue weighted by molar-refractivity contribution is 7.09. The molecular weight excluding hydrogens is 368 g/mol. The summed E-state index contributed by atoms with van der Waals surface area (Å²) in [6.07, 6.45) is 6.64. The third-order valence-corrected chi connectivity index (χ3v) is 7.30. The first-order valence-corrected chi connectivity index (χ1v) is 12.1. The van der Waals surface area contributed by atoms with Crippen LogP contribution in [0.2, 0.25) is 0 Å². The summed E-state index contributed by atoms with van der Waals surface area (Å²) >= 11 is 1.79. The lowest BCUT2D eigenvalue weighted by molar-refractivity contribution is -0.121. The first-order chi connectivity index (χ1) is 13.5. The maximum Gasteiger partial charge on any atom is 0.220 e. The van der Waals surface area contributed by atoms with Gasteiger partial charge in [-0.15, -0.1) is 11.3 Å². The second kappa shape index (κ2) is 10.7. The Morgan fingerprint density at radius 1 is 1.29 bits per heavy atom. The molecule has 1 aromatic rings. The quantitative estimate of drug-likeness (QED) is 0.676. The third-order valence-electron chi connectivity index (χ3n) is 6.45. The van der Waals surface area contributed by atoms with E-state index >= 15 is 0 Å². The molecule has 28 heavy (non-hydrogen) atoms. The van der Waals surface area contributed by atoms with Crippen LogP contribution in [0.25, 0.3) is 0 Å². The van der Waals surface area contributed by atoms with Gasteiger partial charge in [-0.05, 0) is 70.1 Å². The first kappa shape index (κ1) is 21.7. The number of thiazole rings is 1. The van der Waals surface area contributed by atoms with Gasteiger partial charge in [-0.1, -0.05) is 20.8 Å². The molecule has 5 nitrogen and oxygen atoms in total. The topological polar surface area (TPSA) is 48.5 Å². The molecule has 2 aliphatic heterocycles. The van der Waals surface area contributed by atoms with Gasteiger partial charge in [0.2, 0.25) is 5.91 Å². The van der Waals surface area contributed by atoms with Gasteiger partial charge in [0, 0.05) is 24.4 Å². The fourth-order valence-corrected chi connectivity index (χ4v) is 5.48. The van der Waals surface area contributed by atoms with Crippen molar-refractivity contribution in [3.63, 3.8) is 0 Å². The van der Waals surface area contributed by atoms with Crippen molar-refractivity contribution in [3.05, 3.63) is 16.1 Å². The van der Waals surface area contributed by atoms with Gasteiger partial charge in [-0.25, -0.2) is 4.98 Å². The molecule has 0 aromatic carbocycles. The summed E-state index contributed by atoms with van der Waals surface area (Å²) in [6.45, 7) is 13.0. The predicted octanol–water partition coefficient (Wildman–Crippen LogP) is 3.86. The average molecular weight is 407 g/mol. The van der Waals surface area contributed by atoms with E-state index in [1.165, 1.54) is 42.9 Å². The van der Waals surface area contributed by atoms with Gasteiger partial charge in [0.15, 0.2) is 0 Å². The summed E-state index contributed by atoms with van der Waals surface area (Å²) in [5.74, 6) is 1.46. The Hall–Kier alpha value is -0.980. The Kier molecular flexibility index (Phi) is 8.30. The second-order valence-corrected chi connectivity index (χ2v) is 9.75. The average Bonchev–Trinajstić information content (AvgIpc) is 3.35. The number of carbonyl (C=O) groups excluding carboxylic acids is 1. The minimum Gasteiger partial charge on any atom is -0.355 e. The largest absolute Gasteiger partial charge is 0.355 e. The Labute approximate surface area is 174 Å². The molecule has 158 valence electrons. The smallest absolute Gasteiger partial charge is 0.220 e. The minimum absolute atomic E-state index is 0.245. The van der Waals surface area contributed by atoms with Gasteiger partial charge in [0.25, 0.3) is 0 Å². The summed E-state index contributed by atoms with van der Waals surface area (Å²) in [5.41, 5.74) is 1.22. The molecule has 0 unspecified atom stereocenters. The Bertz CT molecular complexity index is 609. The van der Waals surface area contributed by atoms with Gasteiger partial charge in [-0.3, -0.25) is 14.6 Å². The zero-order valence-electron chi connectivity index (χ0n) is 18.0. The number of hydrogen-bond donors (Lipinski definition) is 1. The maximum absolute atomic E-state index is 12.3. The number of aromatic nitrogens is 1. The number of hydrogen-bond acceptors (Lipinski definition) is 5. The lowest BCUT2D eigenvalue weighted by Gasteiger charge is -2.31. The molecule has 0 spiro atoms. The summed E-state index contributed by atoms with van der Waals surface area (Å²) in [6, 6.07) is 0.555. The molecule has 0 bridgehead atoms. The van der Waals surface area contributed by atoms with Crippen LogP contribution in [0.3, 0.4) is 0 Å². The molecule has 0 aliphatic carbocycles. The summed E-state index contributed by atoms with van der Waals surface area (Å²) in [4.78, 5) is 22.0. The number of likely N-dealkylation sites (N-methyl/N-ethyl adjacent to an activating group) is 1. The highest BCUT2D eigenvalue weighted by Gasteiger charge is 2.24. The van der Waals surface area contributed by atoms with Crippen LogP contribution in [0.15, 0.2) is 5.38 Å². The number of carbonyl (C=O) groups is 1. The van der Waals surface area contributed by atoms with Crippen molar-refractivity contribution in [1.82, 2.24) is 20.1 Å². The van der Waals surface area contributed by atoms with Crippen molar-refractivity contribution < 1.29 is 4.79 Å². The molecule has 2 aliphatic rings. The minimum atomic E-state index is 0.245. The highest BCUT2D eigenvalue weighted by Crippen LogP contribution is 2.25. The molecule has 1 amide bonds. The van der Waals surface area contributed by atoms with Crippen LogP contribution in [0.5, 0.6) is 0 Å². The van der Waals surface area contributed by atoms with Crippen molar-refractivity contribution in [3.8, 4) is 0 Å². The highest BCUT2D eigenvalue weighted by atomic mass is 32.1. The molecule has 0 radical (unpaired) electrons. The lowest BCUT2D eigenvalue weighted by atomic mass is 9.92. The number of amides is 1. The number of nitrogens with zero attached hydrogens (tertiary/aromatic N) is 3. The van der Waals surface area contributed by atoms with E-state index in [0.29, 0.717) is 24.3 Å². The summed E-state index contributed by atoms with van der Waals surface area (Å²) < 4.78 is 0. The van der Waals surface area contributed by atoms with Crippen LogP contribution >= 0.6 is 11.3 Å². The van der Waals surface area contributed by atoms with E-state index < -0.39 is 0 Å². The van der Waals surface area contributed by atoms with E-state index in [0.717, 1.165) is 39.1 Å². The predicted molar refractivity (Wildman–Crippen MR) is 117 cm³/mol. The van der Waals surface area contributed by atoms with Gasteiger partial charge >= 0.3 is 0 Å². The van der Waals surface area contributed by atoms with E-state index in [4.69, 9.17) is 4.98 Å². The van der Waals surface area contributed by atoms with Crippen molar-refractivity contribution in [1.29, 1.82) is 0 Å². The van der Waals surface area contributed by atoms with Crippen LogP contribution in [0, 0.1) is 5.92 Å². The van der Waals surface area contributed by atoms with Crippen LogP contribution in [-0.2, 0) is 11.3 Å². The van der Waals surface area contributed by atoms with Gasteiger partial charge in [-0.2, -0.15) is 0 Å². The zero-order chi connectivity index (χ0) is 19.9. The Morgan fingerprint density at radius 2 is 2.07 bits per heavy atom. The molecule has 1 N–H and O–H groups in total. The van der Waals surface area contributed by atoms with Gasteiger partial charge in [0.1, 0.15) is 5.01 Å². The standard InChI is InChI=1S/C22H38N4OS/c1-4-26-11-5-6-19(26)14-23-21(27)8-7-18-9-12-25(13-10-18)15-22-24-20(16-28-22)17(2)3/h16-19H,4-15H2,1-3H3,(H,23,27)/t19-/m1/s1. The van der Waals surface area contributed by atoms with E-state index in [-0.39, 0.29) is 5.91 Å². The fourth-order valence-electron chi connectivity index (χ4n) is 4.49. The maximum atomic E-state index is 12.3. The molecule has 3 rings (SSSR count). The Balaban J connectivity index is 1.30. The zero-order valence-corrected chi connectivity index (χ0v) is 18.8. The van der Waals surface area contributed by atoms with E-state index in [2.05, 4.69) is 41.3 Å². The van der Waals surface area contributed by atoms with E-state index in [1.807, 2.05) is 0 Å². The molecular formula is C22H38N4OS. The van der Waals surface area contributed by atoms with Crippen LogP contribution < -0.4 is 5.32 Å². The van der Waals surface area contributed by atoms with Crippen LogP contribution in [0.1, 0.15) is 75.9 Å². The first-order valence-electron chi connectivity index (χ1n) is 11.2. The van der Waals surface area contributed by atoms with Gasteiger partial charge in [0.05, 0.1) is 12.2 Å². The molecule has 3 heterocycles. The lowest BCUT2D eigenvalue weighted by Crippen LogP contribution is -2.40. The van der Waals surface area contributed by atoms with Crippen molar-refractivity contribution in [2.24, 2.45) is 5.92 Å². The molecule has 2 fully saturated rings. The number of nitrogens with one attached hydrogen (secondary N) is 1. The van der Waals surface area contributed by atoms with Crippen molar-refractivity contribution in [2.45, 2.75) is 77.8 Å². The van der Waals surface area contributed by atoms with Crippen LogP contribution in [0.4, 0.5) is 0 Å². The molecule has 2 saturated heterocycles. The molecule has 1 aromatic heterocycles. The van der Waals surface area contributed by atoms with Gasteiger partial charge < -0.3 is 5.32 Å². The summed E-state index contributed by atoms with van der Waals surface area (Å²) in [5, 5.41) is 6.63.